The number of anilines is 3. The van der Waals surface area contributed by atoms with Crippen LogP contribution in [0.3, 0.4) is 0 Å². The molecule has 150 valence electrons. The van der Waals surface area contributed by atoms with Crippen molar-refractivity contribution < 1.29 is 9.59 Å². The first kappa shape index (κ1) is 21.7. The van der Waals surface area contributed by atoms with Gasteiger partial charge in [0.2, 0.25) is 0 Å². The van der Waals surface area contributed by atoms with Crippen LogP contribution in [0.1, 0.15) is 36.7 Å². The van der Waals surface area contributed by atoms with Gasteiger partial charge < -0.3 is 15.5 Å². The van der Waals surface area contributed by atoms with Crippen molar-refractivity contribution in [3.05, 3.63) is 65.4 Å². The van der Waals surface area contributed by atoms with E-state index in [1.165, 1.54) is 13.1 Å². The van der Waals surface area contributed by atoms with Crippen LogP contribution in [0, 0.1) is 18.3 Å². The summed E-state index contributed by atoms with van der Waals surface area (Å²) in [4.78, 5) is 26.1. The highest BCUT2D eigenvalue weighted by Gasteiger charge is 2.11. The van der Waals surface area contributed by atoms with Gasteiger partial charge in [0.1, 0.15) is 11.6 Å². The molecule has 0 aliphatic heterocycles. The fourth-order valence-corrected chi connectivity index (χ4v) is 2.91. The maximum atomic E-state index is 12.4. The van der Waals surface area contributed by atoms with Gasteiger partial charge >= 0.3 is 0 Å². The van der Waals surface area contributed by atoms with Crippen molar-refractivity contribution in [2.45, 2.75) is 27.7 Å². The highest BCUT2D eigenvalue weighted by atomic mass is 16.1. The van der Waals surface area contributed by atoms with Crippen LogP contribution in [0.5, 0.6) is 0 Å². The number of aryl methyl sites for hydroxylation is 1. The Morgan fingerprint density at radius 1 is 1.14 bits per heavy atom. The van der Waals surface area contributed by atoms with Crippen molar-refractivity contribution in [2.24, 2.45) is 0 Å². The lowest BCUT2D eigenvalue weighted by molar-refractivity contribution is -0.112. The minimum Gasteiger partial charge on any atom is -0.372 e. The molecular formula is C23H26N4O2. The number of carbonyl (C=O) groups is 2. The number of amides is 1. The number of Topliss-reactive ketones (excluding diaryl/α,β-unsaturated/α-hetero) is 1. The van der Waals surface area contributed by atoms with Crippen molar-refractivity contribution in [3.8, 4) is 6.07 Å². The fraction of sp³-hybridized carbons (Fsp3) is 0.261. The molecule has 0 aliphatic rings. The molecule has 2 N–H and O–H groups in total. The van der Waals surface area contributed by atoms with E-state index in [-0.39, 0.29) is 11.4 Å². The van der Waals surface area contributed by atoms with E-state index in [0.717, 1.165) is 30.0 Å². The first-order valence-electron chi connectivity index (χ1n) is 9.54. The standard InChI is InChI=1S/C23H26N4O2/c1-5-27(6-2)21-10-11-22(16(3)12-21)25-15-19(14-24)23(29)26-20-9-7-8-18(13-20)17(4)28/h7-13,15,25H,5-6H2,1-4H3,(H,26,29)/b19-15-. The molecule has 0 spiro atoms. The van der Waals surface area contributed by atoms with Crippen LogP contribution in [0.4, 0.5) is 17.1 Å². The Bertz CT molecular complexity index is 969. The molecule has 2 aromatic carbocycles. The summed E-state index contributed by atoms with van der Waals surface area (Å²) < 4.78 is 0. The number of nitriles is 1. The number of hydrogen-bond acceptors (Lipinski definition) is 5. The van der Waals surface area contributed by atoms with Gasteiger partial charge in [-0.25, -0.2) is 0 Å². The molecule has 2 aromatic rings. The monoisotopic (exact) mass is 390 g/mol. The van der Waals surface area contributed by atoms with Gasteiger partial charge in [0.25, 0.3) is 5.91 Å². The molecule has 6 heteroatoms. The maximum Gasteiger partial charge on any atom is 0.267 e. The molecule has 1 amide bonds. The topological polar surface area (TPSA) is 85.2 Å². The van der Waals surface area contributed by atoms with E-state index in [2.05, 4.69) is 35.4 Å². The number of benzene rings is 2. The molecule has 0 radical (unpaired) electrons. The number of hydrogen-bond donors (Lipinski definition) is 2. The Labute approximate surface area is 171 Å². The first-order valence-corrected chi connectivity index (χ1v) is 9.54. The molecule has 0 aromatic heterocycles. The van der Waals surface area contributed by atoms with Crippen LogP contribution < -0.4 is 15.5 Å². The molecule has 0 bridgehead atoms. The molecule has 0 fully saturated rings. The minimum absolute atomic E-state index is 0.0644. The zero-order chi connectivity index (χ0) is 21.4. The van der Waals surface area contributed by atoms with Crippen molar-refractivity contribution in [3.63, 3.8) is 0 Å². The zero-order valence-corrected chi connectivity index (χ0v) is 17.2. The first-order chi connectivity index (χ1) is 13.9. The lowest BCUT2D eigenvalue weighted by Crippen LogP contribution is -2.21. The van der Waals surface area contributed by atoms with Crippen LogP contribution in [-0.4, -0.2) is 24.8 Å². The largest absolute Gasteiger partial charge is 0.372 e. The van der Waals surface area contributed by atoms with Crippen LogP contribution in [0.25, 0.3) is 0 Å². The second-order valence-corrected chi connectivity index (χ2v) is 6.58. The van der Waals surface area contributed by atoms with E-state index in [1.807, 2.05) is 25.1 Å². The highest BCUT2D eigenvalue weighted by Crippen LogP contribution is 2.23. The average Bonchev–Trinajstić information content (AvgIpc) is 2.71. The van der Waals surface area contributed by atoms with Gasteiger partial charge in [0, 0.05) is 41.9 Å². The lowest BCUT2D eigenvalue weighted by Gasteiger charge is -2.22. The molecule has 0 heterocycles. The van der Waals surface area contributed by atoms with Crippen LogP contribution in [-0.2, 0) is 4.79 Å². The third kappa shape index (κ3) is 5.69. The number of ketones is 1. The van der Waals surface area contributed by atoms with Crippen molar-refractivity contribution in [2.75, 3.05) is 28.6 Å². The van der Waals surface area contributed by atoms with E-state index >= 15 is 0 Å². The summed E-state index contributed by atoms with van der Waals surface area (Å²) in [5.74, 6) is -0.638. The maximum absolute atomic E-state index is 12.4. The summed E-state index contributed by atoms with van der Waals surface area (Å²) in [6.45, 7) is 9.50. The van der Waals surface area contributed by atoms with Gasteiger partial charge in [0.05, 0.1) is 0 Å². The zero-order valence-electron chi connectivity index (χ0n) is 17.2. The Morgan fingerprint density at radius 2 is 1.86 bits per heavy atom. The van der Waals surface area contributed by atoms with E-state index in [9.17, 15) is 14.9 Å². The molecule has 2 rings (SSSR count). The summed E-state index contributed by atoms with van der Waals surface area (Å²) in [6.07, 6.45) is 1.39. The van der Waals surface area contributed by atoms with E-state index in [4.69, 9.17) is 0 Å². The SMILES string of the molecule is CCN(CC)c1ccc(N/C=C(/C#N)C(=O)Nc2cccc(C(C)=O)c2)c(C)c1. The van der Waals surface area contributed by atoms with Crippen LogP contribution in [0.2, 0.25) is 0 Å². The summed E-state index contributed by atoms with van der Waals surface area (Å²) in [5.41, 5.74) is 3.85. The van der Waals surface area contributed by atoms with Gasteiger partial charge in [0.15, 0.2) is 5.78 Å². The number of nitrogens with zero attached hydrogens (tertiary/aromatic N) is 2. The predicted molar refractivity (Wildman–Crippen MR) is 117 cm³/mol. The van der Waals surface area contributed by atoms with E-state index in [1.54, 1.807) is 24.3 Å². The molecule has 29 heavy (non-hydrogen) atoms. The smallest absolute Gasteiger partial charge is 0.267 e. The van der Waals surface area contributed by atoms with Crippen molar-refractivity contribution in [1.82, 2.24) is 0 Å². The Balaban J connectivity index is 2.14. The molecule has 0 saturated carbocycles. The summed E-state index contributed by atoms with van der Waals surface area (Å²) >= 11 is 0. The Kier molecular flexibility index (Phi) is 7.55. The van der Waals surface area contributed by atoms with Crippen LogP contribution in [0.15, 0.2) is 54.2 Å². The second-order valence-electron chi connectivity index (χ2n) is 6.58. The minimum atomic E-state index is -0.543. The number of carbonyl (C=O) groups excluding carboxylic acids is 2. The van der Waals surface area contributed by atoms with Gasteiger partial charge in [-0.2, -0.15) is 5.26 Å². The van der Waals surface area contributed by atoms with Gasteiger partial charge in [-0.15, -0.1) is 0 Å². The summed E-state index contributed by atoms with van der Waals surface area (Å²) in [5, 5.41) is 15.1. The Morgan fingerprint density at radius 3 is 2.45 bits per heavy atom. The Hall–Kier alpha value is -3.59. The van der Waals surface area contributed by atoms with Gasteiger partial charge in [-0.05, 0) is 63.6 Å². The predicted octanol–water partition coefficient (Wildman–Crippen LogP) is 4.50. The number of nitrogens with one attached hydrogen (secondary N) is 2. The lowest BCUT2D eigenvalue weighted by atomic mass is 10.1. The third-order valence-electron chi connectivity index (χ3n) is 4.60. The normalized spacial score (nSPS) is 10.8. The molecule has 0 atom stereocenters. The molecular weight excluding hydrogens is 364 g/mol. The molecule has 6 nitrogen and oxygen atoms in total. The number of rotatable bonds is 8. The highest BCUT2D eigenvalue weighted by molar-refractivity contribution is 6.07. The van der Waals surface area contributed by atoms with Gasteiger partial charge in [-0.3, -0.25) is 9.59 Å². The van der Waals surface area contributed by atoms with Crippen molar-refractivity contribution >= 4 is 28.8 Å². The van der Waals surface area contributed by atoms with Crippen molar-refractivity contribution in [1.29, 1.82) is 5.26 Å². The van der Waals surface area contributed by atoms with Crippen LogP contribution >= 0.6 is 0 Å². The average molecular weight is 390 g/mol. The van der Waals surface area contributed by atoms with Gasteiger partial charge in [-0.1, -0.05) is 12.1 Å². The molecule has 0 saturated heterocycles. The second kappa shape index (κ2) is 10.1. The third-order valence-corrected chi connectivity index (χ3v) is 4.60. The quantitative estimate of drug-likeness (QED) is 0.394. The van der Waals surface area contributed by atoms with E-state index < -0.39 is 5.91 Å². The molecule has 0 unspecified atom stereocenters. The van der Waals surface area contributed by atoms with E-state index in [0.29, 0.717) is 11.3 Å². The fourth-order valence-electron chi connectivity index (χ4n) is 2.91. The molecule has 0 aliphatic carbocycles. The summed E-state index contributed by atoms with van der Waals surface area (Å²) in [6, 6.07) is 14.5. The summed E-state index contributed by atoms with van der Waals surface area (Å²) in [7, 11) is 0.